The standard InChI is InChI=1S/C18H26N2O5S/c1-18(2,3)20-12-13(11-16(20)21)17(22)19-9-10-26(23,24)15-7-5-14(25-4)6-8-15/h5-8,13H,9-12H2,1-4H3,(H,19,22)/t13-/m0/s1. The molecule has 0 aromatic heterocycles. The first-order chi connectivity index (χ1) is 12.0. The van der Waals surface area contributed by atoms with Crippen LogP contribution in [0.4, 0.5) is 0 Å². The Labute approximate surface area is 154 Å². The van der Waals surface area contributed by atoms with Crippen molar-refractivity contribution in [3.63, 3.8) is 0 Å². The minimum atomic E-state index is -3.50. The molecule has 1 saturated heterocycles. The van der Waals surface area contributed by atoms with Crippen molar-refractivity contribution in [2.24, 2.45) is 5.92 Å². The van der Waals surface area contributed by atoms with Crippen LogP contribution >= 0.6 is 0 Å². The smallest absolute Gasteiger partial charge is 0.225 e. The average Bonchev–Trinajstić information content (AvgIpc) is 2.97. The van der Waals surface area contributed by atoms with Gasteiger partial charge in [0.2, 0.25) is 11.8 Å². The lowest BCUT2D eigenvalue weighted by atomic mass is 10.1. The first-order valence-corrected chi connectivity index (χ1v) is 10.1. The first kappa shape index (κ1) is 20.2. The van der Waals surface area contributed by atoms with Crippen LogP contribution in [0.5, 0.6) is 5.75 Å². The van der Waals surface area contributed by atoms with Crippen molar-refractivity contribution in [2.75, 3.05) is 26.0 Å². The molecule has 1 aliphatic heterocycles. The van der Waals surface area contributed by atoms with Crippen LogP contribution in [0.1, 0.15) is 27.2 Å². The van der Waals surface area contributed by atoms with E-state index in [1.165, 1.54) is 19.2 Å². The molecule has 2 rings (SSSR count). The van der Waals surface area contributed by atoms with Gasteiger partial charge in [-0.3, -0.25) is 9.59 Å². The highest BCUT2D eigenvalue weighted by atomic mass is 32.2. The Kier molecular flexibility index (Phi) is 5.95. The molecule has 0 radical (unpaired) electrons. The number of carbonyl (C=O) groups is 2. The summed E-state index contributed by atoms with van der Waals surface area (Å²) in [5.41, 5.74) is -0.330. The fourth-order valence-corrected chi connectivity index (χ4v) is 4.04. The van der Waals surface area contributed by atoms with Gasteiger partial charge in [0.15, 0.2) is 9.84 Å². The molecule has 8 heteroatoms. The van der Waals surface area contributed by atoms with Crippen LogP contribution in [0.2, 0.25) is 0 Å². The summed E-state index contributed by atoms with van der Waals surface area (Å²) in [4.78, 5) is 26.2. The van der Waals surface area contributed by atoms with Crippen LogP contribution in [-0.4, -0.2) is 56.6 Å². The number of methoxy groups -OCH3 is 1. The average molecular weight is 382 g/mol. The van der Waals surface area contributed by atoms with E-state index in [1.807, 2.05) is 20.8 Å². The van der Waals surface area contributed by atoms with E-state index in [9.17, 15) is 18.0 Å². The van der Waals surface area contributed by atoms with E-state index in [1.54, 1.807) is 17.0 Å². The molecule has 144 valence electrons. The van der Waals surface area contributed by atoms with Crippen molar-refractivity contribution >= 4 is 21.7 Å². The molecule has 1 aliphatic rings. The second-order valence-corrected chi connectivity index (χ2v) is 9.47. The number of rotatable bonds is 6. The van der Waals surface area contributed by atoms with Gasteiger partial charge in [0, 0.05) is 25.0 Å². The second kappa shape index (κ2) is 7.65. The van der Waals surface area contributed by atoms with E-state index in [0.717, 1.165) is 0 Å². The van der Waals surface area contributed by atoms with Gasteiger partial charge in [-0.05, 0) is 45.0 Å². The quantitative estimate of drug-likeness (QED) is 0.799. The van der Waals surface area contributed by atoms with Crippen molar-refractivity contribution in [1.29, 1.82) is 0 Å². The Morgan fingerprint density at radius 3 is 2.38 bits per heavy atom. The molecule has 1 fully saturated rings. The lowest BCUT2D eigenvalue weighted by Gasteiger charge is -2.31. The highest BCUT2D eigenvalue weighted by molar-refractivity contribution is 7.91. The van der Waals surface area contributed by atoms with E-state index >= 15 is 0 Å². The topological polar surface area (TPSA) is 92.8 Å². The van der Waals surface area contributed by atoms with E-state index in [-0.39, 0.29) is 41.0 Å². The van der Waals surface area contributed by atoms with Gasteiger partial charge in [0.05, 0.1) is 23.7 Å². The number of nitrogens with zero attached hydrogens (tertiary/aromatic N) is 1. The van der Waals surface area contributed by atoms with Crippen molar-refractivity contribution < 1.29 is 22.7 Å². The molecular formula is C18H26N2O5S. The molecule has 26 heavy (non-hydrogen) atoms. The summed E-state index contributed by atoms with van der Waals surface area (Å²) < 4.78 is 29.6. The number of sulfone groups is 1. The molecule has 0 spiro atoms. The molecule has 1 atom stereocenters. The molecule has 0 saturated carbocycles. The van der Waals surface area contributed by atoms with Crippen LogP contribution in [0, 0.1) is 5.92 Å². The predicted molar refractivity (Wildman–Crippen MR) is 97.6 cm³/mol. The summed E-state index contributed by atoms with van der Waals surface area (Å²) in [5.74, 6) is -0.398. The molecule has 1 aromatic carbocycles. The highest BCUT2D eigenvalue weighted by Crippen LogP contribution is 2.25. The maximum atomic E-state index is 12.3. The summed E-state index contributed by atoms with van der Waals surface area (Å²) in [6, 6.07) is 6.12. The first-order valence-electron chi connectivity index (χ1n) is 8.49. The Morgan fingerprint density at radius 1 is 1.27 bits per heavy atom. The number of likely N-dealkylation sites (tertiary alicyclic amines) is 1. The molecular weight excluding hydrogens is 356 g/mol. The van der Waals surface area contributed by atoms with Gasteiger partial charge in [-0.15, -0.1) is 0 Å². The van der Waals surface area contributed by atoms with E-state index in [0.29, 0.717) is 12.3 Å². The van der Waals surface area contributed by atoms with E-state index < -0.39 is 15.8 Å². The monoisotopic (exact) mass is 382 g/mol. The minimum Gasteiger partial charge on any atom is -0.497 e. The largest absolute Gasteiger partial charge is 0.497 e. The number of hydrogen-bond acceptors (Lipinski definition) is 5. The Morgan fingerprint density at radius 2 is 1.88 bits per heavy atom. The van der Waals surface area contributed by atoms with E-state index in [2.05, 4.69) is 5.32 Å². The minimum absolute atomic E-state index is 0.00735. The third kappa shape index (κ3) is 4.75. The number of amides is 2. The molecule has 2 amide bonds. The predicted octanol–water partition coefficient (Wildman–Crippen LogP) is 1.23. The zero-order valence-electron chi connectivity index (χ0n) is 15.6. The third-order valence-corrected chi connectivity index (χ3v) is 6.13. The maximum Gasteiger partial charge on any atom is 0.225 e. The van der Waals surface area contributed by atoms with Gasteiger partial charge in [-0.2, -0.15) is 0 Å². The zero-order chi connectivity index (χ0) is 19.5. The van der Waals surface area contributed by atoms with E-state index in [4.69, 9.17) is 4.74 Å². The van der Waals surface area contributed by atoms with Crippen LogP contribution in [0.25, 0.3) is 0 Å². The summed E-state index contributed by atoms with van der Waals surface area (Å²) in [7, 11) is -1.99. The van der Waals surface area contributed by atoms with Crippen LogP contribution in [-0.2, 0) is 19.4 Å². The van der Waals surface area contributed by atoms with Crippen LogP contribution in [0.15, 0.2) is 29.2 Å². The lowest BCUT2D eigenvalue weighted by molar-refractivity contribution is -0.132. The number of ether oxygens (including phenoxy) is 1. The molecule has 1 aromatic rings. The molecule has 1 N–H and O–H groups in total. The van der Waals surface area contributed by atoms with Gasteiger partial charge in [0.1, 0.15) is 5.75 Å². The fourth-order valence-electron chi connectivity index (χ4n) is 2.89. The third-order valence-electron chi connectivity index (χ3n) is 4.39. The summed E-state index contributed by atoms with van der Waals surface area (Å²) in [5, 5.41) is 2.64. The molecule has 7 nitrogen and oxygen atoms in total. The Bertz CT molecular complexity index is 766. The number of benzene rings is 1. The van der Waals surface area contributed by atoms with Crippen molar-refractivity contribution in [3.05, 3.63) is 24.3 Å². The van der Waals surface area contributed by atoms with Crippen molar-refractivity contribution in [1.82, 2.24) is 10.2 Å². The van der Waals surface area contributed by atoms with Gasteiger partial charge < -0.3 is 15.0 Å². The fraction of sp³-hybridized carbons (Fsp3) is 0.556. The summed E-state index contributed by atoms with van der Waals surface area (Å²) >= 11 is 0. The normalized spacial score (nSPS) is 18.1. The highest BCUT2D eigenvalue weighted by Gasteiger charge is 2.39. The van der Waals surface area contributed by atoms with Crippen LogP contribution in [0.3, 0.4) is 0 Å². The number of carbonyl (C=O) groups excluding carboxylic acids is 2. The summed E-state index contributed by atoms with van der Waals surface area (Å²) in [6.07, 6.45) is 0.161. The zero-order valence-corrected chi connectivity index (χ0v) is 16.4. The SMILES string of the molecule is COc1ccc(S(=O)(=O)CCNC(=O)[C@H]2CC(=O)N(C(C)(C)C)C2)cc1. The van der Waals surface area contributed by atoms with Gasteiger partial charge >= 0.3 is 0 Å². The second-order valence-electron chi connectivity index (χ2n) is 7.36. The Hall–Kier alpha value is -2.09. The molecule has 0 unspecified atom stereocenters. The van der Waals surface area contributed by atoms with Crippen LogP contribution < -0.4 is 10.1 Å². The van der Waals surface area contributed by atoms with Crippen molar-refractivity contribution in [2.45, 2.75) is 37.6 Å². The number of hydrogen-bond donors (Lipinski definition) is 1. The molecule has 0 aliphatic carbocycles. The number of nitrogens with one attached hydrogen (secondary N) is 1. The van der Waals surface area contributed by atoms with Gasteiger partial charge in [0.25, 0.3) is 0 Å². The molecule has 1 heterocycles. The maximum absolute atomic E-state index is 12.3. The van der Waals surface area contributed by atoms with Crippen molar-refractivity contribution in [3.8, 4) is 5.75 Å². The molecule has 0 bridgehead atoms. The lowest BCUT2D eigenvalue weighted by Crippen LogP contribution is -2.43. The van der Waals surface area contributed by atoms with Gasteiger partial charge in [-0.1, -0.05) is 0 Å². The van der Waals surface area contributed by atoms with Gasteiger partial charge in [-0.25, -0.2) is 8.42 Å². The Balaban J connectivity index is 1.89. The summed E-state index contributed by atoms with van der Waals surface area (Å²) in [6.45, 7) is 6.14.